The van der Waals surface area contributed by atoms with E-state index in [1.54, 1.807) is 18.2 Å². The Hall–Kier alpha value is -3.40. The first-order valence-corrected chi connectivity index (χ1v) is 17.2. The van der Waals surface area contributed by atoms with Gasteiger partial charge in [0.2, 0.25) is 10.0 Å². The summed E-state index contributed by atoms with van der Waals surface area (Å²) >= 11 is 0. The highest BCUT2D eigenvalue weighted by molar-refractivity contribution is 7.89. The van der Waals surface area contributed by atoms with E-state index >= 15 is 0 Å². The quantitative estimate of drug-likeness (QED) is 0.200. The summed E-state index contributed by atoms with van der Waals surface area (Å²) in [5.74, 6) is 1.17. The van der Waals surface area contributed by atoms with Crippen LogP contribution >= 0.6 is 0 Å². The molecule has 0 saturated carbocycles. The zero-order valence-corrected chi connectivity index (χ0v) is 28.0. The van der Waals surface area contributed by atoms with Crippen LogP contribution in [0.25, 0.3) is 5.57 Å². The average molecular weight is 622 g/mol. The lowest BCUT2D eigenvalue weighted by atomic mass is 9.87. The third-order valence-corrected chi connectivity index (χ3v) is 10.1. The second kappa shape index (κ2) is 14.1. The number of rotatable bonds is 14. The first-order valence-electron chi connectivity index (χ1n) is 15.7. The molecule has 2 aromatic carbocycles. The van der Waals surface area contributed by atoms with E-state index in [2.05, 4.69) is 78.6 Å². The molecule has 1 N–H and O–H groups in total. The first kappa shape index (κ1) is 33.5. The molecule has 0 amide bonds. The molecule has 2 aliphatic rings. The summed E-state index contributed by atoms with van der Waals surface area (Å²) < 4.78 is 41.2. The van der Waals surface area contributed by atoms with E-state index in [1.807, 2.05) is 26.8 Å². The number of ether oxygens (including phenoxy) is 2. The number of hydrogen-bond donors (Lipinski definition) is 1. The van der Waals surface area contributed by atoms with Gasteiger partial charge in [0.1, 0.15) is 18.1 Å². The van der Waals surface area contributed by atoms with Gasteiger partial charge in [0.05, 0.1) is 16.4 Å². The number of nitrogens with zero attached hydrogens (tertiary/aromatic N) is 2. The van der Waals surface area contributed by atoms with Crippen molar-refractivity contribution in [2.24, 2.45) is 5.41 Å². The minimum absolute atomic E-state index is 0.0147. The Morgan fingerprint density at radius 2 is 1.73 bits per heavy atom. The van der Waals surface area contributed by atoms with Crippen LogP contribution in [0.15, 0.2) is 76.9 Å². The van der Waals surface area contributed by atoms with Gasteiger partial charge in [-0.15, -0.1) is 0 Å². The van der Waals surface area contributed by atoms with Crippen LogP contribution in [0.3, 0.4) is 0 Å². The molecular formula is C35H47N3O5S. The maximum absolute atomic E-state index is 13.3. The number of esters is 1. The van der Waals surface area contributed by atoms with Gasteiger partial charge in [-0.05, 0) is 83.1 Å². The molecule has 1 aliphatic carbocycles. The highest BCUT2D eigenvalue weighted by atomic mass is 32.2. The summed E-state index contributed by atoms with van der Waals surface area (Å²) in [6, 6.07) is 13.3. The molecule has 44 heavy (non-hydrogen) atoms. The summed E-state index contributed by atoms with van der Waals surface area (Å²) in [7, 11) is -3.86. The third-order valence-electron chi connectivity index (χ3n) is 8.63. The van der Waals surface area contributed by atoms with E-state index in [0.717, 1.165) is 65.6 Å². The Balaban J connectivity index is 1.70. The zero-order chi connectivity index (χ0) is 32.1. The van der Waals surface area contributed by atoms with Gasteiger partial charge in [0.15, 0.2) is 0 Å². The third kappa shape index (κ3) is 7.11. The second-order valence-electron chi connectivity index (χ2n) is 11.6. The van der Waals surface area contributed by atoms with Crippen LogP contribution in [-0.2, 0) is 19.6 Å². The van der Waals surface area contributed by atoms with Gasteiger partial charge in [0.25, 0.3) is 0 Å². The topological polar surface area (TPSA) is 88.2 Å². The molecule has 1 unspecified atom stereocenters. The van der Waals surface area contributed by atoms with Crippen LogP contribution in [0.1, 0.15) is 66.0 Å². The normalized spacial score (nSPS) is 16.3. The highest BCUT2D eigenvalue weighted by Crippen LogP contribution is 2.45. The van der Waals surface area contributed by atoms with E-state index in [9.17, 15) is 13.2 Å². The molecule has 0 fully saturated rings. The van der Waals surface area contributed by atoms with E-state index < -0.39 is 15.4 Å². The van der Waals surface area contributed by atoms with Crippen LogP contribution in [-0.4, -0.2) is 64.7 Å². The predicted molar refractivity (Wildman–Crippen MR) is 177 cm³/mol. The van der Waals surface area contributed by atoms with Crippen molar-refractivity contribution in [1.82, 2.24) is 9.62 Å². The molecule has 9 heteroatoms. The van der Waals surface area contributed by atoms with E-state index in [0.29, 0.717) is 6.42 Å². The summed E-state index contributed by atoms with van der Waals surface area (Å²) in [5, 5.41) is 0. The van der Waals surface area contributed by atoms with E-state index in [4.69, 9.17) is 9.47 Å². The molecule has 4 rings (SSSR count). The number of carbonyl (C=O) groups is 1. The van der Waals surface area contributed by atoms with Crippen LogP contribution in [0, 0.1) is 5.41 Å². The number of hydrogen-bond acceptors (Lipinski definition) is 7. The number of anilines is 1. The summed E-state index contributed by atoms with van der Waals surface area (Å²) in [6.07, 6.45) is 7.06. The smallest absolute Gasteiger partial charge is 0.311 e. The minimum Gasteiger partial charge on any atom is -0.464 e. The lowest BCUT2D eigenvalue weighted by Gasteiger charge is -2.32. The van der Waals surface area contributed by atoms with Gasteiger partial charge in [0, 0.05) is 48.1 Å². The van der Waals surface area contributed by atoms with Gasteiger partial charge in [-0.25, -0.2) is 13.1 Å². The van der Waals surface area contributed by atoms with Crippen molar-refractivity contribution < 1.29 is 22.7 Å². The molecule has 1 heterocycles. The van der Waals surface area contributed by atoms with Gasteiger partial charge in [-0.3, -0.25) is 9.69 Å². The Labute approximate surface area is 263 Å². The summed E-state index contributed by atoms with van der Waals surface area (Å²) in [5.41, 5.74) is 3.99. The number of likely N-dealkylation sites (N-methyl/N-ethyl adjacent to an activating group) is 1. The number of fused-ring (bicyclic) bond motifs is 2. The second-order valence-corrected chi connectivity index (χ2v) is 13.4. The molecule has 238 valence electrons. The number of allylic oxidation sites excluding steroid dienone is 1. The molecule has 0 aromatic heterocycles. The Morgan fingerprint density at radius 1 is 1.00 bits per heavy atom. The number of sulfonamides is 1. The minimum atomic E-state index is -3.86. The largest absolute Gasteiger partial charge is 0.464 e. The van der Waals surface area contributed by atoms with Crippen molar-refractivity contribution in [3.63, 3.8) is 0 Å². The monoisotopic (exact) mass is 621 g/mol. The van der Waals surface area contributed by atoms with E-state index in [-0.39, 0.29) is 30.1 Å². The number of benzene rings is 2. The SMILES string of the molecule is CCN(CC)c1ccc2c(c1)OC1=CC(N(CC)CC)C=CC1=C2c1cccc(S(=O)(=O)NCCOC(=O)C(C)(C)CC)c1. The molecule has 1 atom stereocenters. The molecular weight excluding hydrogens is 574 g/mol. The van der Waals surface area contributed by atoms with Crippen LogP contribution < -0.4 is 14.4 Å². The molecule has 0 saturated heterocycles. The van der Waals surface area contributed by atoms with Crippen LogP contribution in [0.5, 0.6) is 5.75 Å². The van der Waals surface area contributed by atoms with Gasteiger partial charge in [-0.2, -0.15) is 0 Å². The fourth-order valence-electron chi connectivity index (χ4n) is 5.47. The zero-order valence-electron chi connectivity index (χ0n) is 27.1. The van der Waals surface area contributed by atoms with Crippen molar-refractivity contribution in [1.29, 1.82) is 0 Å². The molecule has 0 radical (unpaired) electrons. The van der Waals surface area contributed by atoms with Gasteiger partial charge < -0.3 is 14.4 Å². The van der Waals surface area contributed by atoms with E-state index in [1.165, 1.54) is 0 Å². The fourth-order valence-corrected chi connectivity index (χ4v) is 6.53. The predicted octanol–water partition coefficient (Wildman–Crippen LogP) is 6.15. The summed E-state index contributed by atoms with van der Waals surface area (Å²) in [6.45, 7) is 17.6. The van der Waals surface area contributed by atoms with Crippen molar-refractivity contribution in [2.45, 2.75) is 65.8 Å². The molecule has 1 aliphatic heterocycles. The van der Waals surface area contributed by atoms with Crippen molar-refractivity contribution in [2.75, 3.05) is 44.2 Å². The van der Waals surface area contributed by atoms with Gasteiger partial charge in [-0.1, -0.05) is 45.1 Å². The number of nitrogens with one attached hydrogen (secondary N) is 1. The lowest BCUT2D eigenvalue weighted by Crippen LogP contribution is -2.34. The number of carbonyl (C=O) groups excluding carboxylic acids is 1. The standard InChI is InChI=1S/C35H47N3O5S/c1-8-35(6,7)34(39)42-21-20-36-44(40,41)28-15-13-14-25(22-28)33-29-18-16-26(37(9-2)10-3)23-31(29)43-32-24-27(17-19-30(32)33)38(11-4)12-5/h13-19,22-24,26,36H,8-12,20-21H2,1-7H3. The Bertz CT molecular complexity index is 1550. The van der Waals surface area contributed by atoms with Gasteiger partial charge >= 0.3 is 5.97 Å². The molecule has 2 aromatic rings. The molecule has 0 bridgehead atoms. The molecule has 0 spiro atoms. The first-order chi connectivity index (χ1) is 21.0. The maximum Gasteiger partial charge on any atom is 0.311 e. The van der Waals surface area contributed by atoms with Crippen molar-refractivity contribution in [3.05, 3.63) is 83.2 Å². The Morgan fingerprint density at radius 3 is 2.39 bits per heavy atom. The fraction of sp³-hybridized carbons (Fsp3) is 0.457. The summed E-state index contributed by atoms with van der Waals surface area (Å²) in [4.78, 5) is 17.0. The highest BCUT2D eigenvalue weighted by Gasteiger charge is 2.30. The van der Waals surface area contributed by atoms with Crippen LogP contribution in [0.4, 0.5) is 5.69 Å². The van der Waals surface area contributed by atoms with Crippen LogP contribution in [0.2, 0.25) is 0 Å². The van der Waals surface area contributed by atoms with Crippen molar-refractivity contribution in [3.8, 4) is 5.75 Å². The average Bonchev–Trinajstić information content (AvgIpc) is 3.02. The van der Waals surface area contributed by atoms with Crippen molar-refractivity contribution >= 4 is 27.3 Å². The lowest BCUT2D eigenvalue weighted by molar-refractivity contribution is -0.153. The maximum atomic E-state index is 13.3. The Kier molecular flexibility index (Phi) is 10.8. The molecule has 8 nitrogen and oxygen atoms in total.